The molecule has 0 unspecified atom stereocenters. The zero-order valence-electron chi connectivity index (χ0n) is 14.9. The lowest BCUT2D eigenvalue weighted by Crippen LogP contribution is -2.33. The topological polar surface area (TPSA) is 25.8 Å². The maximum Gasteiger partial charge on any atom is 0.159 e. The molecule has 0 radical (unpaired) electrons. The number of rotatable bonds is 2. The number of aryl methyl sites for hydroxylation is 1. The Labute approximate surface area is 139 Å². The third kappa shape index (κ3) is 2.83. The van der Waals surface area contributed by atoms with Crippen molar-refractivity contribution < 1.29 is 0 Å². The van der Waals surface area contributed by atoms with Crippen molar-refractivity contribution in [2.75, 3.05) is 0 Å². The van der Waals surface area contributed by atoms with Gasteiger partial charge in [-0.1, -0.05) is 52.5 Å². The smallest absolute Gasteiger partial charge is 0.159 e. The Bertz CT molecular complexity index is 752. The van der Waals surface area contributed by atoms with Crippen LogP contribution in [0, 0.1) is 6.92 Å². The van der Waals surface area contributed by atoms with E-state index >= 15 is 0 Å². The number of hydrogen-bond donors (Lipinski definition) is 0. The average Bonchev–Trinajstić information content (AvgIpc) is 2.52. The molecule has 0 spiro atoms. The zero-order chi connectivity index (χ0) is 16.8. The Kier molecular flexibility index (Phi) is 3.66. The van der Waals surface area contributed by atoms with Gasteiger partial charge in [-0.05, 0) is 52.8 Å². The molecule has 1 aliphatic rings. The van der Waals surface area contributed by atoms with E-state index in [1.165, 1.54) is 24.0 Å². The summed E-state index contributed by atoms with van der Waals surface area (Å²) in [6.07, 6.45) is 6.14. The summed E-state index contributed by atoms with van der Waals surface area (Å²) >= 11 is 0. The van der Waals surface area contributed by atoms with Gasteiger partial charge in [-0.15, -0.1) is 0 Å². The molecule has 0 fully saturated rings. The Morgan fingerprint density at radius 1 is 0.957 bits per heavy atom. The van der Waals surface area contributed by atoms with Gasteiger partial charge in [0.05, 0.1) is 0 Å². The number of hydrogen-bond acceptors (Lipinski definition) is 2. The summed E-state index contributed by atoms with van der Waals surface area (Å²) in [7, 11) is 0. The first-order valence-electron chi connectivity index (χ1n) is 8.34. The fraction of sp³-hybridized carbons (Fsp3) is 0.429. The van der Waals surface area contributed by atoms with Crippen LogP contribution >= 0.6 is 0 Å². The standard InChI is InChI=1S/C21H26N2/c1-14-12-22-19(23-13-14)15(2)16-7-8-17-18(11-16)21(5,6)10-9-20(17,3)4/h7-8,11-13H,2,9-10H2,1,3-6H3. The summed E-state index contributed by atoms with van der Waals surface area (Å²) in [4.78, 5) is 8.84. The van der Waals surface area contributed by atoms with Gasteiger partial charge in [0.2, 0.25) is 0 Å². The molecule has 1 aromatic carbocycles. The fourth-order valence-electron chi connectivity index (χ4n) is 3.45. The van der Waals surface area contributed by atoms with Crippen LogP contribution in [-0.2, 0) is 10.8 Å². The predicted octanol–water partition coefficient (Wildman–Crippen LogP) is 5.20. The molecular formula is C21H26N2. The molecule has 3 rings (SSSR count). The molecule has 120 valence electrons. The molecule has 0 bridgehead atoms. The molecule has 23 heavy (non-hydrogen) atoms. The zero-order valence-corrected chi connectivity index (χ0v) is 14.9. The lowest BCUT2D eigenvalue weighted by molar-refractivity contribution is 0.332. The van der Waals surface area contributed by atoms with Crippen molar-refractivity contribution in [3.8, 4) is 0 Å². The number of benzene rings is 1. The minimum Gasteiger partial charge on any atom is -0.236 e. The lowest BCUT2D eigenvalue weighted by atomic mass is 9.63. The molecule has 0 amide bonds. The van der Waals surface area contributed by atoms with E-state index in [2.05, 4.69) is 62.4 Å². The maximum absolute atomic E-state index is 4.42. The molecule has 1 aliphatic carbocycles. The largest absolute Gasteiger partial charge is 0.236 e. The second-order valence-electron chi connectivity index (χ2n) is 8.09. The van der Waals surface area contributed by atoms with E-state index in [1.807, 2.05) is 19.3 Å². The molecule has 0 saturated heterocycles. The minimum absolute atomic E-state index is 0.204. The van der Waals surface area contributed by atoms with E-state index < -0.39 is 0 Å². The number of aromatic nitrogens is 2. The monoisotopic (exact) mass is 306 g/mol. The van der Waals surface area contributed by atoms with Crippen molar-refractivity contribution in [3.63, 3.8) is 0 Å². The van der Waals surface area contributed by atoms with E-state index in [4.69, 9.17) is 0 Å². The normalized spacial score (nSPS) is 18.3. The molecule has 2 aromatic rings. The Morgan fingerprint density at radius 2 is 1.52 bits per heavy atom. The van der Waals surface area contributed by atoms with Crippen LogP contribution in [0.1, 0.15) is 68.6 Å². The summed E-state index contributed by atoms with van der Waals surface area (Å²) in [6.45, 7) is 15.6. The molecule has 0 saturated carbocycles. The van der Waals surface area contributed by atoms with Crippen LogP contribution in [0.3, 0.4) is 0 Å². The van der Waals surface area contributed by atoms with Crippen LogP contribution in [0.5, 0.6) is 0 Å². The summed E-state index contributed by atoms with van der Waals surface area (Å²) in [5.74, 6) is 0.712. The highest BCUT2D eigenvalue weighted by Crippen LogP contribution is 2.46. The van der Waals surface area contributed by atoms with Crippen LogP contribution in [0.4, 0.5) is 0 Å². The third-order valence-corrected chi connectivity index (χ3v) is 5.25. The van der Waals surface area contributed by atoms with Gasteiger partial charge in [-0.3, -0.25) is 0 Å². The summed E-state index contributed by atoms with van der Waals surface area (Å²) in [6, 6.07) is 6.76. The van der Waals surface area contributed by atoms with Crippen LogP contribution < -0.4 is 0 Å². The third-order valence-electron chi connectivity index (χ3n) is 5.25. The Morgan fingerprint density at radius 3 is 2.13 bits per heavy atom. The average molecular weight is 306 g/mol. The van der Waals surface area contributed by atoms with E-state index in [1.54, 1.807) is 0 Å². The molecule has 0 N–H and O–H groups in total. The van der Waals surface area contributed by atoms with Crippen LogP contribution in [0.2, 0.25) is 0 Å². The highest BCUT2D eigenvalue weighted by atomic mass is 14.9. The molecule has 1 aromatic heterocycles. The van der Waals surface area contributed by atoms with Gasteiger partial charge in [-0.25, -0.2) is 9.97 Å². The van der Waals surface area contributed by atoms with E-state index in [-0.39, 0.29) is 10.8 Å². The van der Waals surface area contributed by atoms with Gasteiger partial charge in [0, 0.05) is 18.0 Å². The van der Waals surface area contributed by atoms with Gasteiger partial charge in [0.25, 0.3) is 0 Å². The molecule has 2 nitrogen and oxygen atoms in total. The van der Waals surface area contributed by atoms with Crippen LogP contribution in [0.25, 0.3) is 5.57 Å². The van der Waals surface area contributed by atoms with E-state index in [9.17, 15) is 0 Å². The first-order chi connectivity index (χ1) is 10.7. The highest BCUT2D eigenvalue weighted by Gasteiger charge is 2.37. The predicted molar refractivity (Wildman–Crippen MR) is 96.6 cm³/mol. The van der Waals surface area contributed by atoms with Gasteiger partial charge in [-0.2, -0.15) is 0 Å². The number of nitrogens with zero attached hydrogens (tertiary/aromatic N) is 2. The van der Waals surface area contributed by atoms with Crippen molar-refractivity contribution in [3.05, 3.63) is 65.2 Å². The first-order valence-corrected chi connectivity index (χ1v) is 8.34. The SMILES string of the molecule is C=C(c1ccc2c(c1)C(C)(C)CCC2(C)C)c1ncc(C)cn1. The molecule has 0 aliphatic heterocycles. The number of fused-ring (bicyclic) bond motifs is 1. The van der Waals surface area contributed by atoms with Crippen molar-refractivity contribution in [1.82, 2.24) is 9.97 Å². The molecule has 1 heterocycles. The van der Waals surface area contributed by atoms with Crippen molar-refractivity contribution in [2.24, 2.45) is 0 Å². The van der Waals surface area contributed by atoms with Gasteiger partial charge < -0.3 is 0 Å². The maximum atomic E-state index is 4.42. The van der Waals surface area contributed by atoms with Crippen molar-refractivity contribution in [2.45, 2.75) is 58.3 Å². The summed E-state index contributed by atoms with van der Waals surface area (Å²) in [5, 5.41) is 0. The second-order valence-corrected chi connectivity index (χ2v) is 8.09. The van der Waals surface area contributed by atoms with Gasteiger partial charge >= 0.3 is 0 Å². The summed E-state index contributed by atoms with van der Waals surface area (Å²) < 4.78 is 0. The van der Waals surface area contributed by atoms with Crippen molar-refractivity contribution in [1.29, 1.82) is 0 Å². The molecular weight excluding hydrogens is 280 g/mol. The quantitative estimate of drug-likeness (QED) is 0.762. The van der Waals surface area contributed by atoms with Crippen molar-refractivity contribution >= 4 is 5.57 Å². The van der Waals surface area contributed by atoms with E-state index in [0.717, 1.165) is 16.7 Å². The van der Waals surface area contributed by atoms with Crippen LogP contribution in [-0.4, -0.2) is 9.97 Å². The van der Waals surface area contributed by atoms with Gasteiger partial charge in [0.1, 0.15) is 0 Å². The van der Waals surface area contributed by atoms with Crippen LogP contribution in [0.15, 0.2) is 37.2 Å². The minimum atomic E-state index is 0.204. The Hall–Kier alpha value is -1.96. The molecule has 0 atom stereocenters. The lowest BCUT2D eigenvalue weighted by Gasteiger charge is -2.42. The molecule has 2 heteroatoms. The fourth-order valence-corrected chi connectivity index (χ4v) is 3.45. The summed E-state index contributed by atoms with van der Waals surface area (Å²) in [5.41, 5.74) is 6.44. The second kappa shape index (κ2) is 5.30. The highest BCUT2D eigenvalue weighted by molar-refractivity contribution is 5.75. The first kappa shape index (κ1) is 15.9. The van der Waals surface area contributed by atoms with Gasteiger partial charge in [0.15, 0.2) is 5.82 Å². The van der Waals surface area contributed by atoms with E-state index in [0.29, 0.717) is 5.82 Å². The Balaban J connectivity index is 2.06.